The number of likely N-dealkylation sites (N-methyl/N-ethyl adjacent to an activating group) is 1. The Morgan fingerprint density at radius 1 is 1.54 bits per heavy atom. The van der Waals surface area contributed by atoms with E-state index in [-0.39, 0.29) is 0 Å². The molecule has 1 N–H and O–H groups in total. The van der Waals surface area contributed by atoms with Crippen LogP contribution in [0.3, 0.4) is 0 Å². The summed E-state index contributed by atoms with van der Waals surface area (Å²) in [6.45, 7) is 11.1. The largest absolute Gasteiger partial charge is 0.368 e. The van der Waals surface area contributed by atoms with Crippen molar-refractivity contribution >= 4 is 0 Å². The molecule has 1 aliphatic heterocycles. The molecule has 0 aliphatic carbocycles. The first-order valence-electron chi connectivity index (χ1n) is 4.94. The number of nitrogens with one attached hydrogen (secondary N) is 1. The number of rotatable bonds is 3. The molecule has 74 valence electrons. The van der Waals surface area contributed by atoms with Gasteiger partial charge in [0.2, 0.25) is 0 Å². The second kappa shape index (κ2) is 4.47. The lowest BCUT2D eigenvalue weighted by atomic mass is 9.99. The number of allylic oxidation sites excluding steroid dienone is 1. The van der Waals surface area contributed by atoms with Crippen molar-refractivity contribution in [2.45, 2.75) is 31.8 Å². The molecule has 0 saturated carbocycles. The number of nitrogens with zero attached hydrogens (tertiary/aromatic N) is 1. The van der Waals surface area contributed by atoms with Gasteiger partial charge in [0.15, 0.2) is 0 Å². The van der Waals surface area contributed by atoms with Gasteiger partial charge in [-0.15, -0.1) is 0 Å². The molecule has 0 aromatic carbocycles. The summed E-state index contributed by atoms with van der Waals surface area (Å²) in [6, 6.07) is 1.21. The summed E-state index contributed by atoms with van der Waals surface area (Å²) in [6.07, 6.45) is 4.34. The maximum atomic E-state index is 4.00. The third kappa shape index (κ3) is 2.34. The van der Waals surface area contributed by atoms with Gasteiger partial charge >= 0.3 is 0 Å². The van der Waals surface area contributed by atoms with Crippen molar-refractivity contribution in [2.24, 2.45) is 0 Å². The summed E-state index contributed by atoms with van der Waals surface area (Å²) in [4.78, 5) is 2.33. The number of piperidine rings is 1. The predicted octanol–water partition coefficient (Wildman–Crippen LogP) is 1.76. The van der Waals surface area contributed by atoms with E-state index in [1.165, 1.54) is 12.8 Å². The predicted molar refractivity (Wildman–Crippen MR) is 57.6 cm³/mol. The van der Waals surface area contributed by atoms with Crippen LogP contribution in [0.2, 0.25) is 0 Å². The molecule has 1 aliphatic rings. The molecule has 1 heterocycles. The molecule has 2 heteroatoms. The minimum atomic E-state index is 0.605. The quantitative estimate of drug-likeness (QED) is 0.666. The van der Waals surface area contributed by atoms with E-state index in [9.17, 15) is 0 Å². The fraction of sp³-hybridized carbons (Fsp3) is 0.636. The van der Waals surface area contributed by atoms with Gasteiger partial charge in [-0.3, -0.25) is 0 Å². The summed E-state index contributed by atoms with van der Waals surface area (Å²) in [5, 5.41) is 3.32. The maximum absolute atomic E-state index is 4.00. The van der Waals surface area contributed by atoms with E-state index < -0.39 is 0 Å². The molecule has 2 atom stereocenters. The standard InChI is InChI=1S/C11H20N2/c1-5-9(2)13-8-11(12-4)7-6-10(13)3/h5,10-12H,1-2,6-8H2,3-4H3/t10-,11+/m1/s1. The molecule has 2 nitrogen and oxygen atoms in total. The van der Waals surface area contributed by atoms with Crippen LogP contribution < -0.4 is 5.32 Å². The first-order chi connectivity index (χ1) is 6.19. The highest BCUT2D eigenvalue weighted by atomic mass is 15.2. The van der Waals surface area contributed by atoms with Crippen molar-refractivity contribution < 1.29 is 0 Å². The van der Waals surface area contributed by atoms with Crippen molar-refractivity contribution in [2.75, 3.05) is 13.6 Å². The van der Waals surface area contributed by atoms with Gasteiger partial charge in [-0.05, 0) is 32.9 Å². The molecule has 13 heavy (non-hydrogen) atoms. The molecule has 0 aromatic rings. The second-order valence-corrected chi connectivity index (χ2v) is 3.76. The Kier molecular flexibility index (Phi) is 3.55. The summed E-state index contributed by atoms with van der Waals surface area (Å²) >= 11 is 0. The van der Waals surface area contributed by atoms with Gasteiger partial charge in [-0.2, -0.15) is 0 Å². The van der Waals surface area contributed by atoms with Gasteiger partial charge in [-0.25, -0.2) is 0 Å². The van der Waals surface area contributed by atoms with E-state index >= 15 is 0 Å². The summed E-state index contributed by atoms with van der Waals surface area (Å²) in [5.41, 5.74) is 1.05. The highest BCUT2D eigenvalue weighted by Crippen LogP contribution is 2.20. The second-order valence-electron chi connectivity index (χ2n) is 3.76. The average Bonchev–Trinajstić information content (AvgIpc) is 2.17. The van der Waals surface area contributed by atoms with Crippen molar-refractivity contribution in [3.05, 3.63) is 24.9 Å². The fourth-order valence-corrected chi connectivity index (χ4v) is 1.86. The van der Waals surface area contributed by atoms with Crippen LogP contribution in [-0.4, -0.2) is 30.6 Å². The van der Waals surface area contributed by atoms with Gasteiger partial charge in [-0.1, -0.05) is 13.2 Å². The van der Waals surface area contributed by atoms with Gasteiger partial charge in [0.05, 0.1) is 0 Å². The fourth-order valence-electron chi connectivity index (χ4n) is 1.86. The van der Waals surface area contributed by atoms with Crippen molar-refractivity contribution in [1.29, 1.82) is 0 Å². The molecular weight excluding hydrogens is 160 g/mol. The molecule has 1 saturated heterocycles. The third-order valence-electron chi connectivity index (χ3n) is 2.89. The minimum Gasteiger partial charge on any atom is -0.368 e. The molecule has 0 aromatic heterocycles. The van der Waals surface area contributed by atoms with Crippen LogP contribution in [0.5, 0.6) is 0 Å². The van der Waals surface area contributed by atoms with Crippen molar-refractivity contribution in [3.8, 4) is 0 Å². The smallest absolute Gasteiger partial charge is 0.0334 e. The Balaban J connectivity index is 2.59. The molecule has 0 spiro atoms. The van der Waals surface area contributed by atoms with Crippen molar-refractivity contribution in [1.82, 2.24) is 10.2 Å². The lowest BCUT2D eigenvalue weighted by Gasteiger charge is -2.39. The summed E-state index contributed by atoms with van der Waals surface area (Å²) in [5.74, 6) is 0. The number of hydrogen-bond acceptors (Lipinski definition) is 2. The van der Waals surface area contributed by atoms with Gasteiger partial charge in [0.25, 0.3) is 0 Å². The summed E-state index contributed by atoms with van der Waals surface area (Å²) < 4.78 is 0. The molecular formula is C11H20N2. The van der Waals surface area contributed by atoms with Gasteiger partial charge < -0.3 is 10.2 Å². The third-order valence-corrected chi connectivity index (χ3v) is 2.89. The van der Waals surface area contributed by atoms with E-state index in [1.54, 1.807) is 0 Å². The molecule has 0 radical (unpaired) electrons. The SMILES string of the molecule is C=CC(=C)N1C[C@@H](NC)CC[C@H]1C. The first kappa shape index (κ1) is 10.3. The zero-order valence-electron chi connectivity index (χ0n) is 8.71. The highest BCUT2D eigenvalue weighted by Gasteiger charge is 2.23. The Morgan fingerprint density at radius 2 is 2.23 bits per heavy atom. The van der Waals surface area contributed by atoms with E-state index in [1.807, 2.05) is 13.1 Å². The minimum absolute atomic E-state index is 0.605. The van der Waals surface area contributed by atoms with E-state index in [0.717, 1.165) is 12.2 Å². The van der Waals surface area contributed by atoms with Crippen LogP contribution in [0, 0.1) is 0 Å². The maximum Gasteiger partial charge on any atom is 0.0334 e. The zero-order chi connectivity index (χ0) is 9.84. The Bertz CT molecular complexity index is 198. The first-order valence-corrected chi connectivity index (χ1v) is 4.94. The van der Waals surface area contributed by atoms with Crippen LogP contribution >= 0.6 is 0 Å². The molecule has 1 fully saturated rings. The van der Waals surface area contributed by atoms with E-state index in [2.05, 4.69) is 30.3 Å². The van der Waals surface area contributed by atoms with Crippen LogP contribution in [-0.2, 0) is 0 Å². The monoisotopic (exact) mass is 180 g/mol. The van der Waals surface area contributed by atoms with Crippen LogP contribution in [0.4, 0.5) is 0 Å². The van der Waals surface area contributed by atoms with Crippen LogP contribution in [0.25, 0.3) is 0 Å². The van der Waals surface area contributed by atoms with Gasteiger partial charge in [0.1, 0.15) is 0 Å². The van der Waals surface area contributed by atoms with E-state index in [4.69, 9.17) is 0 Å². The Hall–Kier alpha value is -0.760. The normalized spacial score (nSPS) is 28.6. The van der Waals surface area contributed by atoms with Gasteiger partial charge in [0, 0.05) is 24.3 Å². The number of likely N-dealkylation sites (tertiary alicyclic amines) is 1. The summed E-state index contributed by atoms with van der Waals surface area (Å²) in [7, 11) is 2.02. The average molecular weight is 180 g/mol. The lowest BCUT2D eigenvalue weighted by Crippen LogP contribution is -2.47. The molecule has 0 amide bonds. The van der Waals surface area contributed by atoms with Crippen LogP contribution in [0.1, 0.15) is 19.8 Å². The zero-order valence-corrected chi connectivity index (χ0v) is 8.71. The Morgan fingerprint density at radius 3 is 2.77 bits per heavy atom. The van der Waals surface area contributed by atoms with Crippen LogP contribution in [0.15, 0.2) is 24.9 Å². The Labute approximate surface area is 81.3 Å². The highest BCUT2D eigenvalue weighted by molar-refractivity contribution is 5.12. The molecule has 0 unspecified atom stereocenters. The van der Waals surface area contributed by atoms with Crippen molar-refractivity contribution in [3.63, 3.8) is 0 Å². The topological polar surface area (TPSA) is 15.3 Å². The van der Waals surface area contributed by atoms with E-state index in [0.29, 0.717) is 12.1 Å². The lowest BCUT2D eigenvalue weighted by molar-refractivity contribution is 0.183. The molecule has 0 bridgehead atoms. The number of hydrogen-bond donors (Lipinski definition) is 1. The molecule has 1 rings (SSSR count).